The SMILES string of the molecule is Cn1c[n+]([C@H]2CC[C@@H](COP(=O)(O)OP(=O)(O)OP(=O)(O)CCC[C@@H]3CC[C@H](n4cnc5c(=O)[nH]c(N)nc54)O3)O2)c2nc(N)[nH]c(=O)c21. The van der Waals surface area contributed by atoms with E-state index in [4.69, 9.17) is 25.5 Å². The van der Waals surface area contributed by atoms with Crippen molar-refractivity contribution in [1.82, 2.24) is 34.1 Å². The molecule has 0 aromatic carbocycles. The number of nitrogen functional groups attached to an aromatic ring is 2. The van der Waals surface area contributed by atoms with Gasteiger partial charge >= 0.3 is 28.9 Å². The average Bonchev–Trinajstić information content (AvgIpc) is 3.76. The van der Waals surface area contributed by atoms with Gasteiger partial charge in [0.2, 0.25) is 11.5 Å². The monoisotopic (exact) mass is 751 g/mol. The van der Waals surface area contributed by atoms with Gasteiger partial charge in [0.1, 0.15) is 6.23 Å². The molecular weight excluding hydrogens is 717 g/mol. The van der Waals surface area contributed by atoms with Crippen molar-refractivity contribution in [3.05, 3.63) is 33.4 Å². The highest BCUT2D eigenvalue weighted by atomic mass is 31.3. The van der Waals surface area contributed by atoms with E-state index in [1.165, 1.54) is 10.9 Å². The minimum absolute atomic E-state index is 0.0133. The fourth-order valence-corrected chi connectivity index (χ4v) is 9.99. The summed E-state index contributed by atoms with van der Waals surface area (Å²) in [6.07, 6.45) is 2.10. The van der Waals surface area contributed by atoms with Crippen molar-refractivity contribution in [2.24, 2.45) is 7.05 Å². The number of fused-ring (bicyclic) bond motifs is 2. The molecule has 3 unspecified atom stereocenters. The van der Waals surface area contributed by atoms with E-state index >= 15 is 0 Å². The molecule has 49 heavy (non-hydrogen) atoms. The van der Waals surface area contributed by atoms with E-state index < -0.39 is 65.7 Å². The molecule has 0 saturated carbocycles. The Morgan fingerprint density at radius 2 is 1.69 bits per heavy atom. The van der Waals surface area contributed by atoms with Crippen LogP contribution in [0.5, 0.6) is 0 Å². The Hall–Kier alpha value is -3.33. The predicted molar refractivity (Wildman–Crippen MR) is 166 cm³/mol. The molecule has 0 amide bonds. The van der Waals surface area contributed by atoms with Crippen molar-refractivity contribution in [3.63, 3.8) is 0 Å². The molecule has 6 heterocycles. The van der Waals surface area contributed by atoms with E-state index in [1.807, 2.05) is 0 Å². The molecule has 26 heteroatoms. The maximum Gasteiger partial charge on any atom is 0.488 e. The van der Waals surface area contributed by atoms with Crippen LogP contribution in [-0.4, -0.2) is 73.7 Å². The highest BCUT2D eigenvalue weighted by Gasteiger charge is 2.42. The van der Waals surface area contributed by atoms with Gasteiger partial charge < -0.3 is 35.6 Å². The number of H-pyrrole nitrogens is 2. The lowest BCUT2D eigenvalue weighted by Crippen LogP contribution is -2.39. The Morgan fingerprint density at radius 3 is 2.47 bits per heavy atom. The van der Waals surface area contributed by atoms with Crippen LogP contribution in [0.15, 0.2) is 22.2 Å². The molecule has 2 aliphatic heterocycles. The van der Waals surface area contributed by atoms with Crippen LogP contribution in [0.3, 0.4) is 0 Å². The number of rotatable bonds is 13. The van der Waals surface area contributed by atoms with Gasteiger partial charge in [-0.2, -0.15) is 9.29 Å². The number of nitrogens with one attached hydrogen (secondary N) is 2. The van der Waals surface area contributed by atoms with Crippen LogP contribution in [0.25, 0.3) is 22.3 Å². The number of aromatic nitrogens is 8. The highest BCUT2D eigenvalue weighted by molar-refractivity contribution is 7.68. The minimum Gasteiger partial charge on any atom is -0.369 e. The van der Waals surface area contributed by atoms with Crippen molar-refractivity contribution in [3.8, 4) is 0 Å². The maximum atomic E-state index is 12.6. The van der Waals surface area contributed by atoms with Gasteiger partial charge in [0.15, 0.2) is 23.7 Å². The second-order valence-electron chi connectivity index (χ2n) is 11.5. The zero-order chi connectivity index (χ0) is 35.3. The zero-order valence-corrected chi connectivity index (χ0v) is 28.4. The molecule has 0 spiro atoms. The summed E-state index contributed by atoms with van der Waals surface area (Å²) in [7, 11) is -14.0. The normalized spacial score (nSPS) is 25.1. The van der Waals surface area contributed by atoms with E-state index in [1.54, 1.807) is 22.5 Å². The first-order valence-electron chi connectivity index (χ1n) is 14.8. The first-order chi connectivity index (χ1) is 23.0. The minimum atomic E-state index is -5.57. The fraction of sp³-hybridized carbons (Fsp3) is 0.565. The number of aromatic amines is 2. The summed E-state index contributed by atoms with van der Waals surface area (Å²) in [5.41, 5.74) is 11.2. The largest absolute Gasteiger partial charge is 0.488 e. The van der Waals surface area contributed by atoms with Gasteiger partial charge in [0.25, 0.3) is 17.1 Å². The number of hydrogen-bond donors (Lipinski definition) is 7. The van der Waals surface area contributed by atoms with Crippen LogP contribution in [0.2, 0.25) is 0 Å². The van der Waals surface area contributed by atoms with Gasteiger partial charge in [0, 0.05) is 6.42 Å². The van der Waals surface area contributed by atoms with E-state index in [9.17, 15) is 38.0 Å². The zero-order valence-electron chi connectivity index (χ0n) is 25.7. The van der Waals surface area contributed by atoms with E-state index in [0.29, 0.717) is 25.7 Å². The lowest BCUT2D eigenvalue weighted by Gasteiger charge is -2.20. The van der Waals surface area contributed by atoms with Crippen LogP contribution in [0, 0.1) is 0 Å². The second kappa shape index (κ2) is 13.4. The number of anilines is 2. The predicted octanol–water partition coefficient (Wildman–Crippen LogP) is 0.418. The van der Waals surface area contributed by atoms with Gasteiger partial charge in [0.05, 0.1) is 38.4 Å². The van der Waals surface area contributed by atoms with Gasteiger partial charge in [-0.25, -0.2) is 23.0 Å². The lowest BCUT2D eigenvalue weighted by molar-refractivity contribution is -0.739. The summed E-state index contributed by atoms with van der Waals surface area (Å²) in [6.45, 7) is -0.556. The highest BCUT2D eigenvalue weighted by Crippen LogP contribution is 2.67. The Morgan fingerprint density at radius 1 is 0.980 bits per heavy atom. The number of imidazole rings is 2. The molecule has 0 aliphatic carbocycles. The Bertz CT molecular complexity index is 2150. The quantitative estimate of drug-likeness (QED) is 0.0718. The molecule has 23 nitrogen and oxygen atoms in total. The summed E-state index contributed by atoms with van der Waals surface area (Å²) in [5, 5.41) is 0. The summed E-state index contributed by atoms with van der Waals surface area (Å²) in [4.78, 5) is 71.6. The van der Waals surface area contributed by atoms with Crippen molar-refractivity contribution >= 4 is 57.5 Å². The Labute approximate surface area is 274 Å². The molecule has 2 aliphatic rings. The van der Waals surface area contributed by atoms with E-state index in [0.717, 1.165) is 0 Å². The van der Waals surface area contributed by atoms with Crippen LogP contribution in [-0.2, 0) is 43.4 Å². The number of phosphoric acid groups is 2. The third-order valence-electron chi connectivity index (χ3n) is 7.86. The lowest BCUT2D eigenvalue weighted by atomic mass is 10.1. The molecule has 4 aromatic rings. The molecule has 4 aromatic heterocycles. The van der Waals surface area contributed by atoms with Crippen molar-refractivity contribution < 1.29 is 55.6 Å². The number of nitrogens with zero attached hydrogens (tertiary/aromatic N) is 6. The summed E-state index contributed by atoms with van der Waals surface area (Å²) in [5.74, 6) is -0.182. The molecule has 6 rings (SSSR count). The molecule has 9 N–H and O–H groups in total. The van der Waals surface area contributed by atoms with E-state index in [2.05, 4.69) is 33.5 Å². The topological polar surface area (TPSA) is 328 Å². The van der Waals surface area contributed by atoms with Crippen molar-refractivity contribution in [2.45, 2.75) is 63.2 Å². The first-order valence-corrected chi connectivity index (χ1v) is 19.6. The van der Waals surface area contributed by atoms with Crippen LogP contribution in [0.4, 0.5) is 11.9 Å². The molecule has 2 fully saturated rings. The molecule has 7 atom stereocenters. The van der Waals surface area contributed by atoms with Crippen LogP contribution >= 0.6 is 23.2 Å². The summed E-state index contributed by atoms with van der Waals surface area (Å²) >= 11 is 0. The fourth-order valence-electron chi connectivity index (χ4n) is 5.82. The Kier molecular flexibility index (Phi) is 9.72. The van der Waals surface area contributed by atoms with Crippen LogP contribution < -0.4 is 27.2 Å². The van der Waals surface area contributed by atoms with Crippen molar-refractivity contribution in [1.29, 1.82) is 0 Å². The maximum absolute atomic E-state index is 12.6. The first kappa shape index (κ1) is 35.5. The average molecular weight is 752 g/mol. The van der Waals surface area contributed by atoms with Gasteiger partial charge in [-0.15, -0.1) is 0 Å². The third-order valence-corrected chi connectivity index (χ3v) is 12.7. The van der Waals surface area contributed by atoms with Gasteiger partial charge in [-0.05, 0) is 32.1 Å². The van der Waals surface area contributed by atoms with Crippen LogP contribution in [0.1, 0.15) is 51.0 Å². The Balaban J connectivity index is 0.961. The summed E-state index contributed by atoms with van der Waals surface area (Å²) < 4.78 is 67.4. The molecule has 0 bridgehead atoms. The second-order valence-corrected chi connectivity index (χ2v) is 16.7. The van der Waals surface area contributed by atoms with Gasteiger partial charge in [-0.3, -0.25) is 37.8 Å². The molecule has 2 saturated heterocycles. The number of aryl methyl sites for hydroxylation is 1. The standard InChI is InChI=1S/C23H33N10O13P3/c1-31-11-33(19-17(31)21(35)30-23(25)28-19)15-7-5-13(44-15)9-42-48(38,39)46-49(40,41)45-47(36,37)8-2-3-12-4-6-14(43-12)32-10-26-16-18(32)27-22(24)29-20(16)34/h10-15H,2-9H2,1H3,(H8-,24,25,27,28,29,30,34,35,36,37,38,39,40,41)/p+1/t12-,13+,14-,15-/m1/s1. The number of nitrogens with two attached hydrogens (primary N) is 2. The number of hydrogen-bond acceptors (Lipinski definition) is 15. The summed E-state index contributed by atoms with van der Waals surface area (Å²) in [6, 6.07) is 0. The van der Waals surface area contributed by atoms with Crippen molar-refractivity contribution in [2.75, 3.05) is 24.2 Å². The molecule has 268 valence electrons. The smallest absolute Gasteiger partial charge is 0.369 e. The molecule has 0 radical (unpaired) electrons. The molecular formula is C23H34N10O13P3+. The third kappa shape index (κ3) is 8.03. The number of ether oxygens (including phenoxy) is 2. The van der Waals surface area contributed by atoms with E-state index in [-0.39, 0.29) is 53.2 Å². The number of phosphoric ester groups is 1. The van der Waals surface area contributed by atoms with Gasteiger partial charge in [-0.1, -0.05) is 4.98 Å².